The summed E-state index contributed by atoms with van der Waals surface area (Å²) in [5.41, 5.74) is 2.44. The van der Waals surface area contributed by atoms with Gasteiger partial charge in [0, 0.05) is 31.9 Å². The van der Waals surface area contributed by atoms with Crippen LogP contribution in [0.5, 0.6) is 0 Å². The second-order valence-corrected chi connectivity index (χ2v) is 7.69. The van der Waals surface area contributed by atoms with E-state index in [1.807, 2.05) is 6.07 Å². The van der Waals surface area contributed by atoms with Crippen LogP contribution in [0.2, 0.25) is 0 Å². The summed E-state index contributed by atoms with van der Waals surface area (Å²) in [4.78, 5) is 15.0. The molecular formula is C19H29N3O2. The molecule has 0 radical (unpaired) electrons. The van der Waals surface area contributed by atoms with E-state index in [2.05, 4.69) is 4.90 Å². The van der Waals surface area contributed by atoms with Crippen LogP contribution in [0.25, 0.3) is 0 Å². The van der Waals surface area contributed by atoms with E-state index >= 15 is 0 Å². The van der Waals surface area contributed by atoms with Crippen LogP contribution in [0, 0.1) is 5.92 Å². The lowest BCUT2D eigenvalue weighted by Crippen LogP contribution is -2.40. The molecule has 24 heavy (non-hydrogen) atoms. The van der Waals surface area contributed by atoms with Crippen molar-refractivity contribution in [2.45, 2.75) is 64.0 Å². The van der Waals surface area contributed by atoms with Crippen molar-refractivity contribution < 1.29 is 4.74 Å². The van der Waals surface area contributed by atoms with Gasteiger partial charge < -0.3 is 4.74 Å². The van der Waals surface area contributed by atoms with E-state index in [4.69, 9.17) is 9.84 Å². The summed E-state index contributed by atoms with van der Waals surface area (Å²) in [5, 5.41) is 4.72. The Labute approximate surface area is 144 Å². The summed E-state index contributed by atoms with van der Waals surface area (Å²) in [7, 11) is 0. The summed E-state index contributed by atoms with van der Waals surface area (Å²) >= 11 is 0. The number of hydrogen-bond acceptors (Lipinski definition) is 4. The van der Waals surface area contributed by atoms with Crippen molar-refractivity contribution >= 4 is 0 Å². The summed E-state index contributed by atoms with van der Waals surface area (Å²) < 4.78 is 7.23. The predicted molar refractivity (Wildman–Crippen MR) is 93.3 cm³/mol. The molecular weight excluding hydrogens is 302 g/mol. The van der Waals surface area contributed by atoms with Gasteiger partial charge in [0.15, 0.2) is 0 Å². The highest BCUT2D eigenvalue weighted by atomic mass is 16.5. The number of ether oxygens (including phenoxy) is 1. The van der Waals surface area contributed by atoms with Gasteiger partial charge in [-0.3, -0.25) is 9.69 Å². The quantitative estimate of drug-likeness (QED) is 0.847. The molecule has 2 fully saturated rings. The molecule has 1 unspecified atom stereocenters. The minimum atomic E-state index is 0.0913. The Bertz CT molecular complexity index is 622. The second-order valence-electron chi connectivity index (χ2n) is 7.69. The molecule has 0 amide bonds. The molecule has 4 rings (SSSR count). The minimum absolute atomic E-state index is 0.0913. The number of aromatic nitrogens is 2. The van der Waals surface area contributed by atoms with Crippen LogP contribution >= 0.6 is 0 Å². The van der Waals surface area contributed by atoms with Gasteiger partial charge in [-0.2, -0.15) is 5.10 Å². The first kappa shape index (κ1) is 16.3. The van der Waals surface area contributed by atoms with E-state index in [0.717, 1.165) is 50.8 Å². The fourth-order valence-corrected chi connectivity index (χ4v) is 4.53. The number of likely N-dealkylation sites (tertiary alicyclic amines) is 1. The van der Waals surface area contributed by atoms with Crippen LogP contribution in [0.1, 0.15) is 49.8 Å². The zero-order valence-electron chi connectivity index (χ0n) is 14.6. The molecule has 1 aliphatic carbocycles. The number of hydrogen-bond donors (Lipinski definition) is 0. The summed E-state index contributed by atoms with van der Waals surface area (Å²) in [6, 6.07) is 2.32. The highest BCUT2D eigenvalue weighted by molar-refractivity contribution is 5.20. The minimum Gasteiger partial charge on any atom is -0.381 e. The molecule has 5 heteroatoms. The van der Waals surface area contributed by atoms with Crippen molar-refractivity contribution in [3.05, 3.63) is 27.7 Å². The van der Waals surface area contributed by atoms with Gasteiger partial charge in [-0.05, 0) is 69.4 Å². The molecule has 1 aromatic heterocycles. The average molecular weight is 331 g/mol. The Balaban J connectivity index is 1.44. The molecule has 3 aliphatic rings. The molecule has 0 aromatic carbocycles. The third-order valence-electron chi connectivity index (χ3n) is 5.99. The van der Waals surface area contributed by atoms with E-state index in [9.17, 15) is 4.79 Å². The first-order valence-electron chi connectivity index (χ1n) is 9.71. The maximum atomic E-state index is 12.4. The normalized spacial score (nSPS) is 25.8. The summed E-state index contributed by atoms with van der Waals surface area (Å²) in [6.45, 7) is 4.91. The lowest BCUT2D eigenvalue weighted by Gasteiger charge is -2.31. The van der Waals surface area contributed by atoms with Crippen LogP contribution < -0.4 is 5.56 Å². The SMILES string of the molecule is O=c1cc2c(nn1CC1CCCN1CC1CCOCC1)CCCC2. The third-order valence-corrected chi connectivity index (χ3v) is 5.99. The van der Waals surface area contributed by atoms with Gasteiger partial charge in [0.05, 0.1) is 12.2 Å². The molecule has 0 saturated carbocycles. The fraction of sp³-hybridized carbons (Fsp3) is 0.789. The number of fused-ring (bicyclic) bond motifs is 1. The molecule has 2 saturated heterocycles. The predicted octanol–water partition coefficient (Wildman–Crippen LogP) is 2.01. The monoisotopic (exact) mass is 331 g/mol. The van der Waals surface area contributed by atoms with Crippen molar-refractivity contribution in [3.8, 4) is 0 Å². The van der Waals surface area contributed by atoms with Crippen molar-refractivity contribution in [2.24, 2.45) is 5.92 Å². The number of aryl methyl sites for hydroxylation is 2. The Hall–Kier alpha value is -1.20. The van der Waals surface area contributed by atoms with Crippen molar-refractivity contribution in [3.63, 3.8) is 0 Å². The molecule has 5 nitrogen and oxygen atoms in total. The highest BCUT2D eigenvalue weighted by Gasteiger charge is 2.28. The Morgan fingerprint density at radius 1 is 1.08 bits per heavy atom. The Morgan fingerprint density at radius 3 is 2.79 bits per heavy atom. The Morgan fingerprint density at radius 2 is 1.92 bits per heavy atom. The zero-order chi connectivity index (χ0) is 16.4. The molecule has 0 bridgehead atoms. The van der Waals surface area contributed by atoms with Crippen molar-refractivity contribution in [1.82, 2.24) is 14.7 Å². The fourth-order valence-electron chi connectivity index (χ4n) is 4.53. The van der Waals surface area contributed by atoms with Gasteiger partial charge in [0.1, 0.15) is 0 Å². The molecule has 3 heterocycles. The van der Waals surface area contributed by atoms with Gasteiger partial charge >= 0.3 is 0 Å². The second kappa shape index (κ2) is 7.36. The maximum Gasteiger partial charge on any atom is 0.267 e. The van der Waals surface area contributed by atoms with Crippen LogP contribution in [-0.2, 0) is 24.1 Å². The van der Waals surface area contributed by atoms with E-state index in [1.165, 1.54) is 50.6 Å². The smallest absolute Gasteiger partial charge is 0.267 e. The highest BCUT2D eigenvalue weighted by Crippen LogP contribution is 2.24. The van der Waals surface area contributed by atoms with Crippen LogP contribution in [-0.4, -0.2) is 47.0 Å². The zero-order valence-corrected chi connectivity index (χ0v) is 14.6. The first-order valence-corrected chi connectivity index (χ1v) is 9.71. The Kier molecular flexibility index (Phi) is 4.99. The number of nitrogens with zero attached hydrogens (tertiary/aromatic N) is 3. The van der Waals surface area contributed by atoms with Gasteiger partial charge in [0.2, 0.25) is 0 Å². The first-order chi connectivity index (χ1) is 11.8. The molecule has 132 valence electrons. The largest absolute Gasteiger partial charge is 0.381 e. The van der Waals surface area contributed by atoms with Gasteiger partial charge in [0.25, 0.3) is 5.56 Å². The third kappa shape index (κ3) is 3.57. The molecule has 0 N–H and O–H groups in total. The van der Waals surface area contributed by atoms with Crippen molar-refractivity contribution in [1.29, 1.82) is 0 Å². The molecule has 0 spiro atoms. The summed E-state index contributed by atoms with van der Waals surface area (Å²) in [5.74, 6) is 0.757. The molecule has 1 aromatic rings. The van der Waals surface area contributed by atoms with Gasteiger partial charge in [-0.25, -0.2) is 4.68 Å². The van der Waals surface area contributed by atoms with E-state index < -0.39 is 0 Å². The van der Waals surface area contributed by atoms with Crippen LogP contribution in [0.15, 0.2) is 10.9 Å². The van der Waals surface area contributed by atoms with Gasteiger partial charge in [-0.15, -0.1) is 0 Å². The van der Waals surface area contributed by atoms with Crippen molar-refractivity contribution in [2.75, 3.05) is 26.3 Å². The number of rotatable bonds is 4. The van der Waals surface area contributed by atoms with E-state index in [0.29, 0.717) is 6.04 Å². The van der Waals surface area contributed by atoms with Gasteiger partial charge in [-0.1, -0.05) is 0 Å². The summed E-state index contributed by atoms with van der Waals surface area (Å²) in [6.07, 6.45) is 9.25. The average Bonchev–Trinajstić information content (AvgIpc) is 3.03. The molecule has 2 aliphatic heterocycles. The topological polar surface area (TPSA) is 47.4 Å². The van der Waals surface area contributed by atoms with Crippen LogP contribution in [0.3, 0.4) is 0 Å². The standard InChI is InChI=1S/C19H29N3O2/c23-19-12-16-4-1-2-6-18(16)20-22(19)14-17-5-3-9-21(17)13-15-7-10-24-11-8-15/h12,15,17H,1-11,13-14H2. The molecule has 1 atom stereocenters. The maximum absolute atomic E-state index is 12.4. The lowest BCUT2D eigenvalue weighted by atomic mass is 9.97. The van der Waals surface area contributed by atoms with E-state index in [-0.39, 0.29) is 5.56 Å². The van der Waals surface area contributed by atoms with Crippen LogP contribution in [0.4, 0.5) is 0 Å². The van der Waals surface area contributed by atoms with E-state index in [1.54, 1.807) is 4.68 Å². The lowest BCUT2D eigenvalue weighted by molar-refractivity contribution is 0.0493.